The number of hydrogen-bond acceptors (Lipinski definition) is 5. The van der Waals surface area contributed by atoms with Crippen molar-refractivity contribution in [3.8, 4) is 0 Å². The molecule has 8 nitrogen and oxygen atoms in total. The quantitative estimate of drug-likeness (QED) is 0.768. The fraction of sp³-hybridized carbons (Fsp3) is 0.800. The van der Waals surface area contributed by atoms with Gasteiger partial charge in [0, 0.05) is 51.5 Å². The zero-order chi connectivity index (χ0) is 19.5. The first-order valence-electron chi connectivity index (χ1n) is 10.8. The van der Waals surface area contributed by atoms with Crippen LogP contribution in [0.3, 0.4) is 0 Å². The predicted octanol–water partition coefficient (Wildman–Crippen LogP) is 0.875. The number of piperidine rings is 1. The van der Waals surface area contributed by atoms with Crippen LogP contribution in [0.2, 0.25) is 0 Å². The van der Waals surface area contributed by atoms with Gasteiger partial charge in [-0.1, -0.05) is 6.42 Å². The van der Waals surface area contributed by atoms with Crippen LogP contribution < -0.4 is 0 Å². The van der Waals surface area contributed by atoms with Gasteiger partial charge < -0.3 is 19.3 Å². The van der Waals surface area contributed by atoms with E-state index in [-0.39, 0.29) is 18.4 Å². The highest BCUT2D eigenvalue weighted by Crippen LogP contribution is 2.26. The molecule has 28 heavy (non-hydrogen) atoms. The first-order valence-corrected chi connectivity index (χ1v) is 10.8. The maximum absolute atomic E-state index is 12.9. The Morgan fingerprint density at radius 1 is 1.00 bits per heavy atom. The number of carbonyl (C=O) groups is 2. The standard InChI is InChI=1S/C20H32N6O2/c1-23-9-5-6-16(14-23)20-22-21-17-8-11-24(12-13-26(17)20)19(28)15-25-10-4-2-3-7-18(25)27/h16H,2-15H2,1H3/t16-/m1/s1. The Morgan fingerprint density at radius 2 is 1.89 bits per heavy atom. The van der Waals surface area contributed by atoms with Gasteiger partial charge in [-0.15, -0.1) is 10.2 Å². The normalized spacial score (nSPS) is 24.6. The number of likely N-dealkylation sites (N-methyl/N-ethyl adjacent to an activating group) is 1. The van der Waals surface area contributed by atoms with Crippen LogP contribution in [-0.4, -0.2) is 87.6 Å². The molecular weight excluding hydrogens is 356 g/mol. The van der Waals surface area contributed by atoms with Crippen LogP contribution in [0.15, 0.2) is 0 Å². The van der Waals surface area contributed by atoms with Gasteiger partial charge in [0.15, 0.2) is 0 Å². The number of fused-ring (bicyclic) bond motifs is 1. The lowest BCUT2D eigenvalue weighted by atomic mass is 9.97. The van der Waals surface area contributed by atoms with Gasteiger partial charge in [-0.2, -0.15) is 0 Å². The van der Waals surface area contributed by atoms with Crippen molar-refractivity contribution >= 4 is 11.8 Å². The number of nitrogens with zero attached hydrogens (tertiary/aromatic N) is 6. The fourth-order valence-corrected chi connectivity index (χ4v) is 4.74. The number of likely N-dealkylation sites (tertiary alicyclic amines) is 2. The van der Waals surface area contributed by atoms with Crippen LogP contribution in [-0.2, 0) is 22.6 Å². The number of hydrogen-bond donors (Lipinski definition) is 0. The molecule has 4 heterocycles. The summed E-state index contributed by atoms with van der Waals surface area (Å²) in [5.41, 5.74) is 0. The van der Waals surface area contributed by atoms with Gasteiger partial charge in [0.1, 0.15) is 11.6 Å². The molecule has 0 unspecified atom stereocenters. The molecule has 1 atom stereocenters. The van der Waals surface area contributed by atoms with E-state index in [1.165, 1.54) is 6.42 Å². The van der Waals surface area contributed by atoms with E-state index in [1.54, 1.807) is 4.90 Å². The second kappa shape index (κ2) is 8.59. The lowest BCUT2D eigenvalue weighted by Gasteiger charge is -2.29. The average molecular weight is 389 g/mol. The lowest BCUT2D eigenvalue weighted by molar-refractivity contribution is -0.140. The van der Waals surface area contributed by atoms with E-state index in [4.69, 9.17) is 0 Å². The summed E-state index contributed by atoms with van der Waals surface area (Å²) in [7, 11) is 2.16. The molecular formula is C20H32N6O2. The average Bonchev–Trinajstić information content (AvgIpc) is 2.82. The van der Waals surface area contributed by atoms with E-state index in [9.17, 15) is 9.59 Å². The van der Waals surface area contributed by atoms with Crippen LogP contribution in [0.5, 0.6) is 0 Å². The highest BCUT2D eigenvalue weighted by molar-refractivity contribution is 5.85. The van der Waals surface area contributed by atoms with Gasteiger partial charge >= 0.3 is 0 Å². The van der Waals surface area contributed by atoms with Crippen molar-refractivity contribution in [2.45, 2.75) is 57.4 Å². The largest absolute Gasteiger partial charge is 0.339 e. The van der Waals surface area contributed by atoms with Crippen LogP contribution in [0, 0.1) is 0 Å². The second-order valence-electron chi connectivity index (χ2n) is 8.48. The molecule has 0 aliphatic carbocycles. The minimum absolute atomic E-state index is 0.0629. The van der Waals surface area contributed by atoms with Crippen molar-refractivity contribution in [2.24, 2.45) is 0 Å². The molecule has 0 N–H and O–H groups in total. The molecule has 2 saturated heterocycles. The number of amides is 2. The summed E-state index contributed by atoms with van der Waals surface area (Å²) < 4.78 is 2.24. The summed E-state index contributed by atoms with van der Waals surface area (Å²) >= 11 is 0. The minimum Gasteiger partial charge on any atom is -0.339 e. The van der Waals surface area contributed by atoms with Gasteiger partial charge in [-0.25, -0.2) is 0 Å². The summed E-state index contributed by atoms with van der Waals surface area (Å²) in [5, 5.41) is 8.95. The van der Waals surface area contributed by atoms with E-state index in [2.05, 4.69) is 26.7 Å². The van der Waals surface area contributed by atoms with Crippen molar-refractivity contribution in [1.82, 2.24) is 29.5 Å². The van der Waals surface area contributed by atoms with E-state index >= 15 is 0 Å². The molecule has 1 aromatic heterocycles. The van der Waals surface area contributed by atoms with Crippen molar-refractivity contribution < 1.29 is 9.59 Å². The van der Waals surface area contributed by atoms with E-state index in [1.807, 2.05) is 4.90 Å². The van der Waals surface area contributed by atoms with Gasteiger partial charge in [0.2, 0.25) is 11.8 Å². The third-order valence-corrected chi connectivity index (χ3v) is 6.39. The Balaban J connectivity index is 1.39. The smallest absolute Gasteiger partial charge is 0.242 e. The molecule has 3 aliphatic heterocycles. The highest BCUT2D eigenvalue weighted by Gasteiger charge is 2.29. The Bertz CT molecular complexity index is 718. The van der Waals surface area contributed by atoms with E-state index < -0.39 is 0 Å². The zero-order valence-electron chi connectivity index (χ0n) is 17.0. The molecule has 0 saturated carbocycles. The molecule has 3 aliphatic rings. The minimum atomic E-state index is 0.0629. The van der Waals surface area contributed by atoms with Crippen molar-refractivity contribution in [1.29, 1.82) is 0 Å². The lowest BCUT2D eigenvalue weighted by Crippen LogP contribution is -2.43. The van der Waals surface area contributed by atoms with Crippen LogP contribution in [0.4, 0.5) is 0 Å². The molecule has 8 heteroatoms. The van der Waals surface area contributed by atoms with Gasteiger partial charge in [-0.3, -0.25) is 9.59 Å². The summed E-state index contributed by atoms with van der Waals surface area (Å²) in [5.74, 6) is 2.69. The Morgan fingerprint density at radius 3 is 2.75 bits per heavy atom. The van der Waals surface area contributed by atoms with E-state index in [0.717, 1.165) is 63.4 Å². The molecule has 0 bridgehead atoms. The molecule has 0 aromatic carbocycles. The maximum Gasteiger partial charge on any atom is 0.242 e. The summed E-state index contributed by atoms with van der Waals surface area (Å²) in [6.07, 6.45) is 6.68. The summed E-state index contributed by atoms with van der Waals surface area (Å²) in [4.78, 5) is 31.1. The highest BCUT2D eigenvalue weighted by atomic mass is 16.2. The molecule has 2 fully saturated rings. The first kappa shape index (κ1) is 19.4. The van der Waals surface area contributed by atoms with Crippen molar-refractivity contribution in [2.75, 3.05) is 46.3 Å². The molecule has 154 valence electrons. The molecule has 0 spiro atoms. The second-order valence-corrected chi connectivity index (χ2v) is 8.48. The van der Waals surface area contributed by atoms with Crippen LogP contribution >= 0.6 is 0 Å². The number of carbonyl (C=O) groups excluding carboxylic acids is 2. The molecule has 1 aromatic rings. The predicted molar refractivity (Wildman–Crippen MR) is 105 cm³/mol. The molecule has 2 amide bonds. The number of rotatable bonds is 3. The Hall–Kier alpha value is -1.96. The third kappa shape index (κ3) is 4.21. The maximum atomic E-state index is 12.9. The van der Waals surface area contributed by atoms with Gasteiger partial charge in [-0.05, 0) is 39.3 Å². The van der Waals surface area contributed by atoms with Gasteiger partial charge in [0.05, 0.1) is 6.54 Å². The fourth-order valence-electron chi connectivity index (χ4n) is 4.74. The topological polar surface area (TPSA) is 74.6 Å². The van der Waals surface area contributed by atoms with Crippen LogP contribution in [0.25, 0.3) is 0 Å². The van der Waals surface area contributed by atoms with Crippen molar-refractivity contribution in [3.63, 3.8) is 0 Å². The third-order valence-electron chi connectivity index (χ3n) is 6.39. The van der Waals surface area contributed by atoms with E-state index in [0.29, 0.717) is 32.0 Å². The van der Waals surface area contributed by atoms with Crippen molar-refractivity contribution in [3.05, 3.63) is 11.6 Å². The molecule has 4 rings (SSSR count). The Labute approximate surface area is 166 Å². The molecule has 0 radical (unpaired) electrons. The monoisotopic (exact) mass is 388 g/mol. The van der Waals surface area contributed by atoms with Gasteiger partial charge in [0.25, 0.3) is 0 Å². The zero-order valence-corrected chi connectivity index (χ0v) is 17.0. The summed E-state index contributed by atoms with van der Waals surface area (Å²) in [6.45, 7) is 5.18. The summed E-state index contributed by atoms with van der Waals surface area (Å²) in [6, 6.07) is 0. The SMILES string of the molecule is CN1CCC[C@@H](c2nnc3n2CCN(C(=O)CN2CCCCCC2=O)CC3)C1. The van der Waals surface area contributed by atoms with Crippen LogP contribution in [0.1, 0.15) is 56.1 Å². The Kier molecular flexibility index (Phi) is 5.94. The first-order chi connectivity index (χ1) is 13.6. The number of aromatic nitrogens is 3.